The van der Waals surface area contributed by atoms with Gasteiger partial charge in [0, 0.05) is 18.1 Å². The first-order chi connectivity index (χ1) is 7.82. The van der Waals surface area contributed by atoms with E-state index in [0.29, 0.717) is 6.04 Å². The second-order valence-electron chi connectivity index (χ2n) is 5.97. The summed E-state index contributed by atoms with van der Waals surface area (Å²) in [5.74, 6) is 0. The molecule has 0 bridgehead atoms. The molecule has 0 amide bonds. The molecule has 0 fully saturated rings. The summed E-state index contributed by atoms with van der Waals surface area (Å²) < 4.78 is 0. The van der Waals surface area contributed by atoms with Crippen LogP contribution in [0.1, 0.15) is 32.4 Å². The van der Waals surface area contributed by atoms with Gasteiger partial charge in [-0.3, -0.25) is 4.90 Å². The van der Waals surface area contributed by atoms with Gasteiger partial charge in [0.15, 0.2) is 0 Å². The van der Waals surface area contributed by atoms with E-state index in [1.165, 1.54) is 5.56 Å². The Bertz CT molecular complexity index is 325. The van der Waals surface area contributed by atoms with Crippen molar-refractivity contribution < 1.29 is 0 Å². The van der Waals surface area contributed by atoms with Gasteiger partial charge in [-0.25, -0.2) is 0 Å². The Labute approximate surface area is 106 Å². The molecule has 1 unspecified atom stereocenters. The lowest BCUT2D eigenvalue weighted by atomic mass is 9.98. The van der Waals surface area contributed by atoms with Crippen molar-refractivity contribution in [3.8, 4) is 0 Å². The van der Waals surface area contributed by atoms with Crippen LogP contribution in [0.15, 0.2) is 30.3 Å². The van der Waals surface area contributed by atoms with Gasteiger partial charge in [-0.2, -0.15) is 0 Å². The predicted molar refractivity (Wildman–Crippen MR) is 75.3 cm³/mol. The van der Waals surface area contributed by atoms with Crippen LogP contribution >= 0.6 is 0 Å². The summed E-state index contributed by atoms with van der Waals surface area (Å²) in [6, 6.07) is 11.2. The molecule has 0 saturated carbocycles. The minimum absolute atomic E-state index is 0.177. The van der Waals surface area contributed by atoms with E-state index in [4.69, 9.17) is 0 Å². The molecule has 1 aromatic rings. The largest absolute Gasteiger partial charge is 0.307 e. The zero-order chi connectivity index (χ0) is 13.1. The second kappa shape index (κ2) is 5.65. The Balaban J connectivity index is 2.96. The molecular formula is C15H26N2. The van der Waals surface area contributed by atoms with E-state index in [2.05, 4.69) is 82.0 Å². The van der Waals surface area contributed by atoms with Gasteiger partial charge in [0.1, 0.15) is 0 Å². The van der Waals surface area contributed by atoms with E-state index in [1.54, 1.807) is 0 Å². The molecule has 0 saturated heterocycles. The zero-order valence-corrected chi connectivity index (χ0v) is 12.1. The van der Waals surface area contributed by atoms with Gasteiger partial charge in [0.25, 0.3) is 0 Å². The maximum Gasteiger partial charge on any atom is 0.0477 e. The second-order valence-corrected chi connectivity index (χ2v) is 5.97. The Morgan fingerprint density at radius 2 is 1.53 bits per heavy atom. The Hall–Kier alpha value is -0.860. The molecule has 0 aliphatic heterocycles. The van der Waals surface area contributed by atoms with Gasteiger partial charge >= 0.3 is 0 Å². The summed E-state index contributed by atoms with van der Waals surface area (Å²) in [6.45, 7) is 7.83. The molecule has 0 heterocycles. The van der Waals surface area contributed by atoms with Crippen molar-refractivity contribution in [2.24, 2.45) is 0 Å². The van der Waals surface area contributed by atoms with Crippen LogP contribution in [0.25, 0.3) is 0 Å². The molecule has 1 aromatic carbocycles. The maximum atomic E-state index is 2.45. The van der Waals surface area contributed by atoms with Crippen molar-refractivity contribution in [3.05, 3.63) is 35.9 Å². The molecule has 2 heteroatoms. The first-order valence-electron chi connectivity index (χ1n) is 6.25. The van der Waals surface area contributed by atoms with Crippen LogP contribution < -0.4 is 0 Å². The first-order valence-corrected chi connectivity index (χ1v) is 6.25. The molecule has 2 nitrogen and oxygen atoms in total. The molecule has 0 aliphatic carbocycles. The minimum Gasteiger partial charge on any atom is -0.307 e. The molecule has 96 valence electrons. The number of hydrogen-bond acceptors (Lipinski definition) is 2. The fraction of sp³-hybridized carbons (Fsp3) is 0.600. The standard InChI is InChI=1S/C15H26N2/c1-15(2,3)17(6)14(12-16(4)5)13-10-8-7-9-11-13/h7-11,14H,12H2,1-6H3. The summed E-state index contributed by atoms with van der Waals surface area (Å²) in [4.78, 5) is 4.70. The SMILES string of the molecule is CN(C)CC(c1ccccc1)N(C)C(C)(C)C. The van der Waals surface area contributed by atoms with Crippen LogP contribution in [-0.4, -0.2) is 43.0 Å². The van der Waals surface area contributed by atoms with E-state index in [1.807, 2.05) is 0 Å². The summed E-state index contributed by atoms with van der Waals surface area (Å²) in [7, 11) is 6.47. The van der Waals surface area contributed by atoms with Crippen LogP contribution in [0.2, 0.25) is 0 Å². The van der Waals surface area contributed by atoms with E-state index < -0.39 is 0 Å². The highest BCUT2D eigenvalue weighted by molar-refractivity contribution is 5.19. The molecule has 0 N–H and O–H groups in total. The monoisotopic (exact) mass is 234 g/mol. The molecule has 1 atom stereocenters. The molecule has 0 radical (unpaired) electrons. The third-order valence-corrected chi connectivity index (χ3v) is 3.25. The van der Waals surface area contributed by atoms with Crippen LogP contribution in [0, 0.1) is 0 Å². The lowest BCUT2D eigenvalue weighted by molar-refractivity contribution is 0.0967. The normalized spacial score (nSPS) is 14.4. The van der Waals surface area contributed by atoms with E-state index in [-0.39, 0.29) is 5.54 Å². The Morgan fingerprint density at radius 3 is 1.94 bits per heavy atom. The van der Waals surface area contributed by atoms with Crippen molar-refractivity contribution in [2.45, 2.75) is 32.4 Å². The molecule has 0 spiro atoms. The zero-order valence-electron chi connectivity index (χ0n) is 12.1. The van der Waals surface area contributed by atoms with Crippen LogP contribution in [0.5, 0.6) is 0 Å². The Kier molecular flexibility index (Phi) is 4.72. The summed E-state index contributed by atoms with van der Waals surface area (Å²) in [5, 5.41) is 0. The number of nitrogens with zero attached hydrogens (tertiary/aromatic N) is 2. The number of likely N-dealkylation sites (N-methyl/N-ethyl adjacent to an activating group) is 2. The van der Waals surface area contributed by atoms with Gasteiger partial charge in [-0.1, -0.05) is 30.3 Å². The average molecular weight is 234 g/mol. The predicted octanol–water partition coefficient (Wildman–Crippen LogP) is 3.02. The third kappa shape index (κ3) is 4.14. The van der Waals surface area contributed by atoms with Crippen molar-refractivity contribution in [1.29, 1.82) is 0 Å². The van der Waals surface area contributed by atoms with E-state index in [9.17, 15) is 0 Å². The van der Waals surface area contributed by atoms with Crippen molar-refractivity contribution in [2.75, 3.05) is 27.7 Å². The van der Waals surface area contributed by atoms with Gasteiger partial charge in [-0.05, 0) is 47.5 Å². The van der Waals surface area contributed by atoms with Gasteiger partial charge in [-0.15, -0.1) is 0 Å². The van der Waals surface area contributed by atoms with Crippen LogP contribution in [-0.2, 0) is 0 Å². The quantitative estimate of drug-likeness (QED) is 0.790. The highest BCUT2D eigenvalue weighted by Crippen LogP contribution is 2.26. The first kappa shape index (κ1) is 14.2. The summed E-state index contributed by atoms with van der Waals surface area (Å²) in [5.41, 5.74) is 1.56. The maximum absolute atomic E-state index is 2.45. The minimum atomic E-state index is 0.177. The lowest BCUT2D eigenvalue weighted by Crippen LogP contribution is -2.44. The number of benzene rings is 1. The third-order valence-electron chi connectivity index (χ3n) is 3.25. The summed E-state index contributed by atoms with van der Waals surface area (Å²) >= 11 is 0. The van der Waals surface area contributed by atoms with Crippen molar-refractivity contribution in [1.82, 2.24) is 9.80 Å². The smallest absolute Gasteiger partial charge is 0.0477 e. The fourth-order valence-corrected chi connectivity index (χ4v) is 1.94. The summed E-state index contributed by atoms with van der Waals surface area (Å²) in [6.07, 6.45) is 0. The van der Waals surface area contributed by atoms with Crippen molar-refractivity contribution >= 4 is 0 Å². The molecule has 1 rings (SSSR count). The highest BCUT2D eigenvalue weighted by Gasteiger charge is 2.26. The molecule has 0 aliphatic rings. The topological polar surface area (TPSA) is 6.48 Å². The lowest BCUT2D eigenvalue weighted by Gasteiger charge is -2.40. The number of hydrogen-bond donors (Lipinski definition) is 0. The van der Waals surface area contributed by atoms with Gasteiger partial charge < -0.3 is 4.90 Å². The van der Waals surface area contributed by atoms with Crippen LogP contribution in [0.3, 0.4) is 0 Å². The van der Waals surface area contributed by atoms with E-state index >= 15 is 0 Å². The fourth-order valence-electron chi connectivity index (χ4n) is 1.94. The Morgan fingerprint density at radius 1 is 1.00 bits per heavy atom. The molecule has 17 heavy (non-hydrogen) atoms. The average Bonchev–Trinajstić information content (AvgIpc) is 2.24. The molecular weight excluding hydrogens is 208 g/mol. The van der Waals surface area contributed by atoms with E-state index in [0.717, 1.165) is 6.54 Å². The number of rotatable bonds is 4. The molecule has 0 aromatic heterocycles. The van der Waals surface area contributed by atoms with Gasteiger partial charge in [0.2, 0.25) is 0 Å². The van der Waals surface area contributed by atoms with Crippen LogP contribution in [0.4, 0.5) is 0 Å². The van der Waals surface area contributed by atoms with Gasteiger partial charge in [0.05, 0.1) is 0 Å². The van der Waals surface area contributed by atoms with Crippen molar-refractivity contribution in [3.63, 3.8) is 0 Å². The highest BCUT2D eigenvalue weighted by atomic mass is 15.2.